The van der Waals surface area contributed by atoms with Crippen molar-refractivity contribution in [2.45, 2.75) is 38.2 Å². The molecule has 2 rings (SSSR count). The summed E-state index contributed by atoms with van der Waals surface area (Å²) in [5.41, 5.74) is 0. The molecule has 2 aliphatic rings. The normalized spacial score (nSPS) is 28.0. The van der Waals surface area contributed by atoms with E-state index < -0.39 is 11.2 Å². The van der Waals surface area contributed by atoms with Crippen molar-refractivity contribution < 1.29 is 4.18 Å². The van der Waals surface area contributed by atoms with Crippen molar-refractivity contribution in [3.05, 3.63) is 0 Å². The van der Waals surface area contributed by atoms with Crippen molar-refractivity contribution >= 4 is 44.9 Å². The van der Waals surface area contributed by atoms with E-state index in [0.29, 0.717) is 0 Å². The van der Waals surface area contributed by atoms with Gasteiger partial charge in [0.15, 0.2) is 11.2 Å². The first kappa shape index (κ1) is 11.5. The second-order valence-electron chi connectivity index (χ2n) is 3.42. The van der Waals surface area contributed by atoms with Gasteiger partial charge < -0.3 is 0 Å². The van der Waals surface area contributed by atoms with Crippen molar-refractivity contribution in [2.75, 3.05) is 0 Å². The molecule has 0 saturated heterocycles. The highest BCUT2D eigenvalue weighted by atomic mass is 35.5. The van der Waals surface area contributed by atoms with Crippen LogP contribution in [0.25, 0.3) is 0 Å². The second-order valence-corrected chi connectivity index (χ2v) is 5.11. The molecule has 0 aromatic heterocycles. The van der Waals surface area contributed by atoms with Crippen molar-refractivity contribution in [3.63, 3.8) is 0 Å². The minimum Gasteiger partial charge on any atom is -0.285 e. The molecule has 0 aromatic rings. The standard InChI is InChI=1S/C8H11Cl2N3OS/c9-7-11-8(10)13-15(12-7)14-6-4-2-1-3-5-6/h6H,1-5H2. The summed E-state index contributed by atoms with van der Waals surface area (Å²) in [4.78, 5) is 3.68. The van der Waals surface area contributed by atoms with Crippen molar-refractivity contribution in [1.82, 2.24) is 0 Å². The number of hydrogen-bond donors (Lipinski definition) is 0. The Morgan fingerprint density at radius 1 is 1.13 bits per heavy atom. The highest BCUT2D eigenvalue weighted by Crippen LogP contribution is 2.22. The van der Waals surface area contributed by atoms with Crippen LogP contribution in [0.1, 0.15) is 32.1 Å². The van der Waals surface area contributed by atoms with Crippen LogP contribution in [0, 0.1) is 0 Å². The number of nitrogens with zero attached hydrogens (tertiary/aromatic N) is 3. The lowest BCUT2D eigenvalue weighted by Gasteiger charge is -2.21. The molecule has 0 N–H and O–H groups in total. The van der Waals surface area contributed by atoms with E-state index >= 15 is 0 Å². The van der Waals surface area contributed by atoms with Gasteiger partial charge in [-0.25, -0.2) is 0 Å². The fourth-order valence-electron chi connectivity index (χ4n) is 1.59. The minimum atomic E-state index is -0.884. The van der Waals surface area contributed by atoms with E-state index in [0.717, 1.165) is 12.8 Å². The van der Waals surface area contributed by atoms with E-state index in [-0.39, 0.29) is 16.7 Å². The van der Waals surface area contributed by atoms with Crippen LogP contribution in [0.2, 0.25) is 0 Å². The lowest BCUT2D eigenvalue weighted by molar-refractivity contribution is 0.181. The first-order valence-electron chi connectivity index (χ1n) is 4.86. The first-order chi connectivity index (χ1) is 7.24. The van der Waals surface area contributed by atoms with Gasteiger partial charge in [0.05, 0.1) is 6.10 Å². The van der Waals surface area contributed by atoms with E-state index in [2.05, 4.69) is 13.8 Å². The molecule has 0 bridgehead atoms. The Labute approximate surface area is 101 Å². The largest absolute Gasteiger partial charge is 0.285 e. The summed E-state index contributed by atoms with van der Waals surface area (Å²) in [6, 6.07) is 0. The topological polar surface area (TPSA) is 46.3 Å². The SMILES string of the molecule is ClC1=NC(Cl)=NS(OC2CCCCC2)=N1. The van der Waals surface area contributed by atoms with Crippen molar-refractivity contribution in [1.29, 1.82) is 0 Å². The maximum absolute atomic E-state index is 5.70. The van der Waals surface area contributed by atoms with Gasteiger partial charge in [0, 0.05) is 0 Å². The Morgan fingerprint density at radius 2 is 1.87 bits per heavy atom. The molecule has 84 valence electrons. The van der Waals surface area contributed by atoms with Gasteiger partial charge in [0.25, 0.3) is 0 Å². The Hall–Kier alpha value is 0.0300. The van der Waals surface area contributed by atoms with Gasteiger partial charge in [-0.3, -0.25) is 4.18 Å². The van der Waals surface area contributed by atoms with Gasteiger partial charge in [-0.05, 0) is 36.0 Å². The highest BCUT2D eigenvalue weighted by molar-refractivity contribution is 7.82. The summed E-state index contributed by atoms with van der Waals surface area (Å²) in [7, 11) is 0. The van der Waals surface area contributed by atoms with Gasteiger partial charge in [-0.15, -0.1) is 8.76 Å². The summed E-state index contributed by atoms with van der Waals surface area (Å²) < 4.78 is 13.6. The summed E-state index contributed by atoms with van der Waals surface area (Å²) in [5, 5.41) is 0.239. The molecule has 4 nitrogen and oxygen atoms in total. The third-order valence-corrected chi connectivity index (χ3v) is 3.91. The van der Waals surface area contributed by atoms with Gasteiger partial charge in [-0.1, -0.05) is 19.3 Å². The molecule has 1 fully saturated rings. The molecule has 0 amide bonds. The zero-order valence-corrected chi connectivity index (χ0v) is 10.4. The van der Waals surface area contributed by atoms with E-state index in [1.54, 1.807) is 0 Å². The Balaban J connectivity index is 1.97. The van der Waals surface area contributed by atoms with Crippen LogP contribution in [0.5, 0.6) is 0 Å². The molecule has 7 heteroatoms. The molecule has 1 atom stereocenters. The van der Waals surface area contributed by atoms with Gasteiger partial charge in [0.2, 0.25) is 10.6 Å². The Bertz CT molecular complexity index is 334. The van der Waals surface area contributed by atoms with E-state index in [9.17, 15) is 0 Å². The van der Waals surface area contributed by atoms with Crippen LogP contribution < -0.4 is 0 Å². The summed E-state index contributed by atoms with van der Waals surface area (Å²) in [6.07, 6.45) is 6.09. The van der Waals surface area contributed by atoms with Gasteiger partial charge >= 0.3 is 0 Å². The lowest BCUT2D eigenvalue weighted by Crippen LogP contribution is -2.18. The number of amidine groups is 2. The zero-order valence-electron chi connectivity index (χ0n) is 8.03. The molecule has 1 heterocycles. The van der Waals surface area contributed by atoms with Crippen LogP contribution in [-0.4, -0.2) is 16.7 Å². The summed E-state index contributed by atoms with van der Waals surface area (Å²) in [5.74, 6) is 0. The smallest absolute Gasteiger partial charge is 0.235 e. The minimum absolute atomic E-state index is 0.120. The number of halogens is 2. The Kier molecular flexibility index (Phi) is 4.13. The average molecular weight is 268 g/mol. The molecule has 0 radical (unpaired) electrons. The fraction of sp³-hybridized carbons (Fsp3) is 0.750. The maximum atomic E-state index is 5.70. The number of rotatable bonds is 2. The summed E-state index contributed by atoms with van der Waals surface area (Å²) in [6.45, 7) is 0. The molecule has 1 aliphatic carbocycles. The van der Waals surface area contributed by atoms with E-state index in [1.807, 2.05) is 0 Å². The molecule has 0 spiro atoms. The molecule has 15 heavy (non-hydrogen) atoms. The predicted octanol–water partition coefficient (Wildman–Crippen LogP) is 3.17. The maximum Gasteiger partial charge on any atom is 0.235 e. The van der Waals surface area contributed by atoms with Crippen LogP contribution in [0.15, 0.2) is 13.8 Å². The van der Waals surface area contributed by atoms with Gasteiger partial charge in [-0.2, -0.15) is 4.99 Å². The third kappa shape index (κ3) is 3.52. The van der Waals surface area contributed by atoms with Crippen LogP contribution in [-0.2, 0) is 15.3 Å². The van der Waals surface area contributed by atoms with Crippen molar-refractivity contribution in [3.8, 4) is 0 Å². The van der Waals surface area contributed by atoms with Gasteiger partial charge in [0.1, 0.15) is 0 Å². The molecule has 1 aliphatic heterocycles. The molecule has 0 aromatic carbocycles. The third-order valence-electron chi connectivity index (χ3n) is 2.27. The van der Waals surface area contributed by atoms with Crippen LogP contribution in [0.4, 0.5) is 0 Å². The first-order valence-corrected chi connectivity index (χ1v) is 6.68. The average Bonchev–Trinajstić information content (AvgIpc) is 2.17. The molecule has 1 unspecified atom stereocenters. The fourth-order valence-corrected chi connectivity index (χ4v) is 3.05. The monoisotopic (exact) mass is 267 g/mol. The molecular formula is C8H11Cl2N3OS. The van der Waals surface area contributed by atoms with Crippen LogP contribution >= 0.6 is 23.2 Å². The molecular weight excluding hydrogens is 257 g/mol. The van der Waals surface area contributed by atoms with Crippen molar-refractivity contribution in [2.24, 2.45) is 13.8 Å². The van der Waals surface area contributed by atoms with E-state index in [4.69, 9.17) is 27.4 Å². The van der Waals surface area contributed by atoms with Crippen LogP contribution in [0.3, 0.4) is 0 Å². The number of hydrogen-bond acceptors (Lipinski definition) is 4. The number of aliphatic imine (C=N–C) groups is 1. The highest BCUT2D eigenvalue weighted by Gasteiger charge is 2.17. The zero-order chi connectivity index (χ0) is 10.7. The van der Waals surface area contributed by atoms with E-state index in [1.165, 1.54) is 19.3 Å². The quantitative estimate of drug-likeness (QED) is 0.709. The molecule has 1 saturated carbocycles. The summed E-state index contributed by atoms with van der Waals surface area (Å²) >= 11 is 10.5. The predicted molar refractivity (Wildman–Crippen MR) is 64.3 cm³/mol. The lowest BCUT2D eigenvalue weighted by atomic mass is 9.98. The Morgan fingerprint density at radius 3 is 2.53 bits per heavy atom. The second kappa shape index (κ2) is 5.39.